The summed E-state index contributed by atoms with van der Waals surface area (Å²) < 4.78 is 5.67. The second-order valence-electron chi connectivity index (χ2n) is 5.29. The molecule has 20 heavy (non-hydrogen) atoms. The summed E-state index contributed by atoms with van der Waals surface area (Å²) in [5.74, 6) is 0.423. The third-order valence-corrected chi connectivity index (χ3v) is 3.97. The Morgan fingerprint density at radius 3 is 2.75 bits per heavy atom. The summed E-state index contributed by atoms with van der Waals surface area (Å²) in [7, 11) is 0. The Hall–Kier alpha value is -1.48. The third-order valence-electron chi connectivity index (χ3n) is 3.67. The van der Waals surface area contributed by atoms with E-state index in [4.69, 9.17) is 16.3 Å². The Morgan fingerprint density at radius 2 is 2.25 bits per heavy atom. The summed E-state index contributed by atoms with van der Waals surface area (Å²) in [6.45, 7) is 7.48. The Balaban J connectivity index is 2.09. The fourth-order valence-corrected chi connectivity index (χ4v) is 2.34. The summed E-state index contributed by atoms with van der Waals surface area (Å²) in [6, 6.07) is 5.09. The van der Waals surface area contributed by atoms with E-state index >= 15 is 0 Å². The molecule has 0 aliphatic heterocycles. The minimum absolute atomic E-state index is 0.00203. The van der Waals surface area contributed by atoms with Crippen LogP contribution in [0.5, 0.6) is 5.75 Å². The monoisotopic (exact) mass is 294 g/mol. The van der Waals surface area contributed by atoms with Gasteiger partial charge in [0.15, 0.2) is 5.78 Å². The Kier molecular flexibility index (Phi) is 4.39. The lowest BCUT2D eigenvalue weighted by molar-refractivity contribution is 0.0960. The van der Waals surface area contributed by atoms with Gasteiger partial charge in [0.05, 0.1) is 16.9 Å². The first-order valence-corrected chi connectivity index (χ1v) is 7.20. The maximum absolute atomic E-state index is 12.2. The zero-order valence-corrected chi connectivity index (χ0v) is 12.5. The van der Waals surface area contributed by atoms with Gasteiger partial charge < -0.3 is 9.84 Å². The van der Waals surface area contributed by atoms with Crippen molar-refractivity contribution in [3.8, 4) is 5.75 Å². The number of benzene rings is 1. The van der Waals surface area contributed by atoms with Gasteiger partial charge in [-0.1, -0.05) is 25.1 Å². The predicted octanol–water partition coefficient (Wildman–Crippen LogP) is 4.41. The number of ether oxygens (including phenoxy) is 1. The van der Waals surface area contributed by atoms with Gasteiger partial charge in [-0.25, -0.2) is 0 Å². The van der Waals surface area contributed by atoms with Crippen LogP contribution in [0.15, 0.2) is 30.5 Å². The number of ketones is 1. The maximum atomic E-state index is 12.2. The molecule has 1 fully saturated rings. The average molecular weight is 295 g/mol. The molecule has 108 valence electrons. The molecule has 1 N–H and O–H groups in total. The third kappa shape index (κ3) is 3.15. The zero-order valence-electron chi connectivity index (χ0n) is 11.7. The molecule has 0 amide bonds. The van der Waals surface area contributed by atoms with E-state index in [0.29, 0.717) is 22.8 Å². The largest absolute Gasteiger partial charge is 0.513 e. The topological polar surface area (TPSA) is 46.5 Å². The van der Waals surface area contributed by atoms with Gasteiger partial charge in [0.1, 0.15) is 5.75 Å². The highest BCUT2D eigenvalue weighted by atomic mass is 35.5. The van der Waals surface area contributed by atoms with Crippen molar-refractivity contribution in [3.05, 3.63) is 41.1 Å². The summed E-state index contributed by atoms with van der Waals surface area (Å²) in [5, 5.41) is 9.73. The molecular formula is C16H19ClO3. The average Bonchev–Trinajstić information content (AvgIpc) is 3.20. The lowest BCUT2D eigenvalue weighted by Crippen LogP contribution is -2.10. The van der Waals surface area contributed by atoms with Gasteiger partial charge in [0.2, 0.25) is 0 Å². The number of hydrogen-bond donors (Lipinski definition) is 1. The molecule has 1 saturated carbocycles. The van der Waals surface area contributed by atoms with Crippen LogP contribution < -0.4 is 4.74 Å². The van der Waals surface area contributed by atoms with Crippen molar-refractivity contribution in [1.29, 1.82) is 0 Å². The number of allylic oxidation sites excluding steroid dienone is 1. The van der Waals surface area contributed by atoms with Crippen molar-refractivity contribution in [1.82, 2.24) is 0 Å². The number of Topliss-reactive ketones (excluding diaryl/α,β-unsaturated/α-hetero) is 1. The van der Waals surface area contributed by atoms with Crippen LogP contribution in [0.25, 0.3) is 0 Å². The molecular weight excluding hydrogens is 276 g/mol. The van der Waals surface area contributed by atoms with Crippen LogP contribution in [-0.4, -0.2) is 17.0 Å². The van der Waals surface area contributed by atoms with Crippen LogP contribution in [0.1, 0.15) is 37.0 Å². The lowest BCUT2D eigenvalue weighted by atomic mass is 10.1. The van der Waals surface area contributed by atoms with Crippen LogP contribution in [0.2, 0.25) is 5.02 Å². The minimum Gasteiger partial charge on any atom is -0.513 e. The fraction of sp³-hybridized carbons (Fsp3) is 0.438. The SMILES string of the molecule is C=C(O)[C@H]1C[C@@H]1C(=O)c1ccc(O[C@@H](C)CC)c(Cl)c1. The molecule has 3 nitrogen and oxygen atoms in total. The van der Waals surface area contributed by atoms with Crippen LogP contribution in [-0.2, 0) is 0 Å². The quantitative estimate of drug-likeness (QED) is 0.624. The van der Waals surface area contributed by atoms with Gasteiger partial charge in [-0.15, -0.1) is 0 Å². The number of carbonyl (C=O) groups is 1. The van der Waals surface area contributed by atoms with Gasteiger partial charge in [-0.05, 0) is 38.0 Å². The molecule has 0 aromatic heterocycles. The van der Waals surface area contributed by atoms with E-state index in [1.165, 1.54) is 0 Å². The Labute approximate surface area is 124 Å². The number of rotatable bonds is 6. The molecule has 0 spiro atoms. The smallest absolute Gasteiger partial charge is 0.166 e. The highest BCUT2D eigenvalue weighted by molar-refractivity contribution is 6.32. The summed E-state index contributed by atoms with van der Waals surface area (Å²) >= 11 is 6.15. The Morgan fingerprint density at radius 1 is 1.55 bits per heavy atom. The maximum Gasteiger partial charge on any atom is 0.166 e. The molecule has 1 aliphatic carbocycles. The first-order valence-electron chi connectivity index (χ1n) is 6.82. The molecule has 2 rings (SSSR count). The second-order valence-corrected chi connectivity index (χ2v) is 5.69. The fourth-order valence-electron chi connectivity index (χ4n) is 2.12. The van der Waals surface area contributed by atoms with E-state index in [1.807, 2.05) is 13.8 Å². The number of halogens is 1. The second kappa shape index (κ2) is 5.88. The van der Waals surface area contributed by atoms with Crippen molar-refractivity contribution in [2.24, 2.45) is 11.8 Å². The molecule has 0 saturated heterocycles. The van der Waals surface area contributed by atoms with Gasteiger partial charge in [0.25, 0.3) is 0 Å². The molecule has 1 aromatic rings. The summed E-state index contributed by atoms with van der Waals surface area (Å²) in [4.78, 5) is 12.2. The number of carbonyl (C=O) groups excluding carboxylic acids is 1. The van der Waals surface area contributed by atoms with Crippen molar-refractivity contribution in [3.63, 3.8) is 0 Å². The Bertz CT molecular complexity index is 539. The van der Waals surface area contributed by atoms with Gasteiger partial charge >= 0.3 is 0 Å². The highest BCUT2D eigenvalue weighted by Gasteiger charge is 2.45. The van der Waals surface area contributed by atoms with E-state index in [2.05, 4.69) is 6.58 Å². The van der Waals surface area contributed by atoms with E-state index in [0.717, 1.165) is 6.42 Å². The van der Waals surface area contributed by atoms with Crippen LogP contribution in [0.3, 0.4) is 0 Å². The molecule has 4 heteroatoms. The van der Waals surface area contributed by atoms with E-state index in [9.17, 15) is 9.90 Å². The molecule has 0 unspecified atom stereocenters. The van der Waals surface area contributed by atoms with Crippen LogP contribution >= 0.6 is 11.6 Å². The number of aliphatic hydroxyl groups is 1. The van der Waals surface area contributed by atoms with Crippen molar-refractivity contribution < 1.29 is 14.6 Å². The molecule has 1 aliphatic rings. The van der Waals surface area contributed by atoms with Crippen LogP contribution in [0.4, 0.5) is 0 Å². The van der Waals surface area contributed by atoms with Gasteiger partial charge in [-0.3, -0.25) is 4.79 Å². The van der Waals surface area contributed by atoms with Crippen molar-refractivity contribution >= 4 is 17.4 Å². The first kappa shape index (κ1) is 14.9. The molecule has 0 radical (unpaired) electrons. The van der Waals surface area contributed by atoms with Crippen molar-refractivity contribution in [2.75, 3.05) is 0 Å². The van der Waals surface area contributed by atoms with Gasteiger partial charge in [0, 0.05) is 17.4 Å². The predicted molar refractivity (Wildman–Crippen MR) is 79.5 cm³/mol. The van der Waals surface area contributed by atoms with E-state index < -0.39 is 0 Å². The number of aliphatic hydroxyl groups excluding tert-OH is 1. The van der Waals surface area contributed by atoms with Gasteiger partial charge in [-0.2, -0.15) is 0 Å². The summed E-state index contributed by atoms with van der Waals surface area (Å²) in [6.07, 6.45) is 1.63. The highest BCUT2D eigenvalue weighted by Crippen LogP contribution is 2.45. The number of hydrogen-bond acceptors (Lipinski definition) is 3. The standard InChI is InChI=1S/C16H19ClO3/c1-4-9(2)20-15-6-5-11(7-14(15)17)16(19)13-8-12(13)10(3)18/h5-7,9,12-13,18H,3-4,8H2,1-2H3/t9-,12+,13-/m0/s1. The first-order chi connectivity index (χ1) is 9.43. The van der Waals surface area contributed by atoms with E-state index in [-0.39, 0.29) is 29.5 Å². The van der Waals surface area contributed by atoms with Crippen molar-refractivity contribution in [2.45, 2.75) is 32.8 Å². The molecule has 0 bridgehead atoms. The zero-order chi connectivity index (χ0) is 14.9. The molecule has 1 aromatic carbocycles. The molecule has 0 heterocycles. The van der Waals surface area contributed by atoms with Crippen LogP contribution in [0, 0.1) is 11.8 Å². The lowest BCUT2D eigenvalue weighted by Gasteiger charge is -2.14. The normalized spacial score (nSPS) is 22.1. The summed E-state index contributed by atoms with van der Waals surface area (Å²) in [5.41, 5.74) is 0.556. The molecule has 3 atom stereocenters. The minimum atomic E-state index is -0.162. The van der Waals surface area contributed by atoms with E-state index in [1.54, 1.807) is 18.2 Å².